The summed E-state index contributed by atoms with van der Waals surface area (Å²) in [5, 5.41) is 15.4. The minimum absolute atomic E-state index is 0.00905. The van der Waals surface area contributed by atoms with Crippen LogP contribution in [0, 0.1) is 18.3 Å². The Hall–Kier alpha value is -3.66. The minimum Gasteiger partial charge on any atom is -0.494 e. The van der Waals surface area contributed by atoms with Gasteiger partial charge in [-0.25, -0.2) is 0 Å². The van der Waals surface area contributed by atoms with Crippen molar-refractivity contribution < 1.29 is 19.0 Å². The molecule has 2 N–H and O–H groups in total. The average molecular weight is 438 g/mol. The standard InChI is InChI=1S/C25H31N3O4/c1-6-32-22-9-7-17(2)13-21(22)18(3)28-16-20(15-26)25(29)27-12-11-19-8-10-23(30-4)24(14-19)31-5/h7-10,13-14,16,18,28H,6,11-12H2,1-5H3,(H,27,29)/b20-16-. The summed E-state index contributed by atoms with van der Waals surface area (Å²) in [5.41, 5.74) is 3.07. The molecule has 7 heteroatoms. The highest BCUT2D eigenvalue weighted by Gasteiger charge is 2.13. The highest BCUT2D eigenvalue weighted by Crippen LogP contribution is 2.28. The Morgan fingerprint density at radius 2 is 1.84 bits per heavy atom. The fraction of sp³-hybridized carbons (Fsp3) is 0.360. The molecule has 32 heavy (non-hydrogen) atoms. The molecule has 0 aliphatic carbocycles. The van der Waals surface area contributed by atoms with Crippen LogP contribution in [0.4, 0.5) is 0 Å². The Bertz CT molecular complexity index is 995. The topological polar surface area (TPSA) is 92.6 Å². The first-order valence-corrected chi connectivity index (χ1v) is 10.5. The number of hydrogen-bond acceptors (Lipinski definition) is 6. The fourth-order valence-corrected chi connectivity index (χ4v) is 3.19. The second-order valence-electron chi connectivity index (χ2n) is 7.23. The van der Waals surface area contributed by atoms with Crippen LogP contribution in [0.5, 0.6) is 17.2 Å². The number of methoxy groups -OCH3 is 2. The number of ether oxygens (including phenoxy) is 3. The number of benzene rings is 2. The lowest BCUT2D eigenvalue weighted by molar-refractivity contribution is -0.117. The number of carbonyl (C=O) groups is 1. The summed E-state index contributed by atoms with van der Waals surface area (Å²) in [5.74, 6) is 1.64. The Labute approximate surface area is 190 Å². The number of nitrogens with one attached hydrogen (secondary N) is 2. The van der Waals surface area contributed by atoms with E-state index in [0.717, 1.165) is 22.4 Å². The molecule has 1 unspecified atom stereocenters. The van der Waals surface area contributed by atoms with Gasteiger partial charge in [-0.15, -0.1) is 0 Å². The summed E-state index contributed by atoms with van der Waals surface area (Å²) < 4.78 is 16.2. The molecule has 2 aromatic carbocycles. The van der Waals surface area contributed by atoms with Crippen molar-refractivity contribution in [3.05, 3.63) is 64.9 Å². The molecule has 7 nitrogen and oxygen atoms in total. The molecule has 0 bridgehead atoms. The molecule has 1 atom stereocenters. The van der Waals surface area contributed by atoms with Crippen LogP contribution in [-0.4, -0.2) is 33.3 Å². The van der Waals surface area contributed by atoms with E-state index in [1.54, 1.807) is 14.2 Å². The van der Waals surface area contributed by atoms with Crippen LogP contribution in [0.3, 0.4) is 0 Å². The third-order valence-electron chi connectivity index (χ3n) is 4.92. The number of nitriles is 1. The van der Waals surface area contributed by atoms with Gasteiger partial charge in [0.15, 0.2) is 11.5 Å². The maximum Gasteiger partial charge on any atom is 0.263 e. The van der Waals surface area contributed by atoms with E-state index in [2.05, 4.69) is 10.6 Å². The summed E-state index contributed by atoms with van der Waals surface area (Å²) in [6, 6.07) is 13.4. The van der Waals surface area contributed by atoms with Crippen LogP contribution >= 0.6 is 0 Å². The first-order valence-electron chi connectivity index (χ1n) is 10.5. The first-order chi connectivity index (χ1) is 15.4. The van der Waals surface area contributed by atoms with Crippen molar-refractivity contribution in [2.75, 3.05) is 27.4 Å². The predicted molar refractivity (Wildman–Crippen MR) is 124 cm³/mol. The Kier molecular flexibility index (Phi) is 9.43. The van der Waals surface area contributed by atoms with Gasteiger partial charge in [0.05, 0.1) is 26.9 Å². The van der Waals surface area contributed by atoms with E-state index in [-0.39, 0.29) is 11.6 Å². The van der Waals surface area contributed by atoms with Crippen LogP contribution in [0.15, 0.2) is 48.2 Å². The zero-order valence-corrected chi connectivity index (χ0v) is 19.3. The molecule has 0 saturated carbocycles. The Morgan fingerprint density at radius 3 is 2.50 bits per heavy atom. The van der Waals surface area contributed by atoms with Crippen molar-refractivity contribution in [2.24, 2.45) is 0 Å². The fourth-order valence-electron chi connectivity index (χ4n) is 3.19. The number of aryl methyl sites for hydroxylation is 1. The molecule has 0 spiro atoms. The molecule has 0 heterocycles. The van der Waals surface area contributed by atoms with Gasteiger partial charge >= 0.3 is 0 Å². The van der Waals surface area contributed by atoms with Gasteiger partial charge < -0.3 is 24.8 Å². The van der Waals surface area contributed by atoms with E-state index in [0.29, 0.717) is 31.1 Å². The Balaban J connectivity index is 1.98. The molecule has 0 aromatic heterocycles. The van der Waals surface area contributed by atoms with E-state index >= 15 is 0 Å². The summed E-state index contributed by atoms with van der Waals surface area (Å²) in [6.45, 7) is 6.84. The minimum atomic E-state index is -0.429. The van der Waals surface area contributed by atoms with Gasteiger partial charge in [0, 0.05) is 18.3 Å². The molecular formula is C25H31N3O4. The van der Waals surface area contributed by atoms with Gasteiger partial charge in [0.25, 0.3) is 5.91 Å². The normalized spacial score (nSPS) is 11.8. The SMILES string of the molecule is CCOc1ccc(C)cc1C(C)N/C=C(/C#N)C(=O)NCCc1ccc(OC)c(OC)c1. The number of hydrogen-bond donors (Lipinski definition) is 2. The molecule has 0 radical (unpaired) electrons. The molecule has 0 saturated heterocycles. The van der Waals surface area contributed by atoms with Crippen molar-refractivity contribution >= 4 is 5.91 Å². The van der Waals surface area contributed by atoms with Gasteiger partial charge in [0.1, 0.15) is 17.4 Å². The van der Waals surface area contributed by atoms with Crippen LogP contribution in [0.2, 0.25) is 0 Å². The summed E-state index contributed by atoms with van der Waals surface area (Å²) in [4.78, 5) is 12.4. The highest BCUT2D eigenvalue weighted by atomic mass is 16.5. The van der Waals surface area contributed by atoms with Crippen LogP contribution in [0.1, 0.15) is 36.6 Å². The van der Waals surface area contributed by atoms with Crippen molar-refractivity contribution in [2.45, 2.75) is 33.2 Å². The summed E-state index contributed by atoms with van der Waals surface area (Å²) >= 11 is 0. The lowest BCUT2D eigenvalue weighted by Gasteiger charge is -2.18. The van der Waals surface area contributed by atoms with Gasteiger partial charge in [-0.2, -0.15) is 5.26 Å². The van der Waals surface area contributed by atoms with Gasteiger partial charge in [-0.1, -0.05) is 23.8 Å². The Morgan fingerprint density at radius 1 is 1.12 bits per heavy atom. The molecular weight excluding hydrogens is 406 g/mol. The first kappa shape index (κ1) is 24.6. The second kappa shape index (κ2) is 12.3. The third-order valence-corrected chi connectivity index (χ3v) is 4.92. The maximum atomic E-state index is 12.4. The lowest BCUT2D eigenvalue weighted by Crippen LogP contribution is -2.28. The van der Waals surface area contributed by atoms with E-state index in [4.69, 9.17) is 14.2 Å². The van der Waals surface area contributed by atoms with Crippen LogP contribution < -0.4 is 24.8 Å². The van der Waals surface area contributed by atoms with E-state index < -0.39 is 5.91 Å². The highest BCUT2D eigenvalue weighted by molar-refractivity contribution is 5.97. The largest absolute Gasteiger partial charge is 0.494 e. The van der Waals surface area contributed by atoms with Gasteiger partial charge in [-0.3, -0.25) is 4.79 Å². The van der Waals surface area contributed by atoms with Crippen LogP contribution in [0.25, 0.3) is 0 Å². The van der Waals surface area contributed by atoms with Crippen LogP contribution in [-0.2, 0) is 11.2 Å². The predicted octanol–water partition coefficient (Wildman–Crippen LogP) is 3.83. The quantitative estimate of drug-likeness (QED) is 0.410. The molecule has 170 valence electrons. The molecule has 0 aliphatic rings. The monoisotopic (exact) mass is 437 g/mol. The average Bonchev–Trinajstić information content (AvgIpc) is 2.80. The van der Waals surface area contributed by atoms with E-state index in [1.165, 1.54) is 6.20 Å². The van der Waals surface area contributed by atoms with E-state index in [1.807, 2.05) is 63.2 Å². The summed E-state index contributed by atoms with van der Waals surface area (Å²) in [7, 11) is 3.16. The molecule has 2 rings (SSSR count). The second-order valence-corrected chi connectivity index (χ2v) is 7.23. The number of carbonyl (C=O) groups excluding carboxylic acids is 1. The van der Waals surface area contributed by atoms with E-state index in [9.17, 15) is 10.1 Å². The smallest absolute Gasteiger partial charge is 0.263 e. The number of amides is 1. The van der Waals surface area contributed by atoms with Crippen molar-refractivity contribution in [1.29, 1.82) is 5.26 Å². The van der Waals surface area contributed by atoms with Gasteiger partial charge in [-0.05, 0) is 51.0 Å². The molecule has 0 fully saturated rings. The molecule has 2 aromatic rings. The molecule has 1 amide bonds. The number of nitrogens with zero attached hydrogens (tertiary/aromatic N) is 1. The summed E-state index contributed by atoms with van der Waals surface area (Å²) in [6.07, 6.45) is 2.05. The van der Waals surface area contributed by atoms with Crippen molar-refractivity contribution in [3.8, 4) is 23.3 Å². The zero-order valence-electron chi connectivity index (χ0n) is 19.3. The van der Waals surface area contributed by atoms with Crippen molar-refractivity contribution in [1.82, 2.24) is 10.6 Å². The number of rotatable bonds is 11. The molecule has 0 aliphatic heterocycles. The van der Waals surface area contributed by atoms with Crippen molar-refractivity contribution in [3.63, 3.8) is 0 Å². The zero-order chi connectivity index (χ0) is 23.5. The van der Waals surface area contributed by atoms with Gasteiger partial charge in [0.2, 0.25) is 0 Å². The lowest BCUT2D eigenvalue weighted by atomic mass is 10.0. The third kappa shape index (κ3) is 6.67. The maximum absolute atomic E-state index is 12.4.